The molecule has 0 saturated heterocycles. The molecule has 0 aromatic heterocycles. The van der Waals surface area contributed by atoms with Crippen LogP contribution in [-0.4, -0.2) is 6.26 Å². The molecule has 0 bridgehead atoms. The third kappa shape index (κ3) is 4.39. The summed E-state index contributed by atoms with van der Waals surface area (Å²) in [6.45, 7) is 7.13. The Morgan fingerprint density at radius 1 is 0.917 bits per heavy atom. The molecule has 0 aromatic rings. The predicted octanol–water partition coefficient (Wildman–Crippen LogP) is 4.16. The molecular formula is C11H24S. The van der Waals surface area contributed by atoms with Crippen molar-refractivity contribution in [1.29, 1.82) is 0 Å². The second-order valence-corrected chi connectivity index (χ2v) is 4.70. The van der Waals surface area contributed by atoms with Crippen LogP contribution in [0.15, 0.2) is 0 Å². The normalized spacial score (nSPS) is 19.8. The fourth-order valence-electron chi connectivity index (χ4n) is 1.97. The zero-order valence-corrected chi connectivity index (χ0v) is 9.95. The highest BCUT2D eigenvalue weighted by Crippen LogP contribution is 2.37. The van der Waals surface area contributed by atoms with E-state index in [4.69, 9.17) is 0 Å². The first-order chi connectivity index (χ1) is 5.61. The Balaban J connectivity index is 0.000000561. The number of rotatable bonds is 0. The molecule has 1 rings (SSSR count). The summed E-state index contributed by atoms with van der Waals surface area (Å²) in [6.07, 6.45) is 9.07. The number of hydrogen-bond acceptors (Lipinski definition) is 1. The minimum absolute atomic E-state index is 0.570. The minimum Gasteiger partial charge on any atom is -0.183 e. The molecule has 0 atom stereocenters. The lowest BCUT2D eigenvalue weighted by atomic mass is 9.72. The second-order valence-electron chi connectivity index (χ2n) is 4.70. The molecule has 0 unspecified atom stereocenters. The fraction of sp³-hybridized carbons (Fsp3) is 1.00. The molecule has 0 spiro atoms. The lowest BCUT2D eigenvalue weighted by molar-refractivity contribution is 0.180. The van der Waals surface area contributed by atoms with Crippen LogP contribution in [0.3, 0.4) is 0 Å². The van der Waals surface area contributed by atoms with Crippen LogP contribution in [-0.2, 0) is 0 Å². The molecule has 0 aromatic carbocycles. The van der Waals surface area contributed by atoms with Gasteiger partial charge in [-0.15, -0.1) is 0 Å². The quantitative estimate of drug-likeness (QED) is 0.542. The molecule has 1 aliphatic carbocycles. The van der Waals surface area contributed by atoms with Crippen LogP contribution in [0.1, 0.15) is 52.9 Å². The fourth-order valence-corrected chi connectivity index (χ4v) is 1.97. The summed E-state index contributed by atoms with van der Waals surface area (Å²) in [7, 11) is 0. The van der Waals surface area contributed by atoms with E-state index in [-0.39, 0.29) is 0 Å². The van der Waals surface area contributed by atoms with E-state index in [9.17, 15) is 0 Å². The van der Waals surface area contributed by atoms with Gasteiger partial charge in [0.15, 0.2) is 0 Å². The number of hydrogen-bond donors (Lipinski definition) is 1. The molecule has 1 fully saturated rings. The van der Waals surface area contributed by atoms with Crippen molar-refractivity contribution in [3.8, 4) is 0 Å². The Kier molecular flexibility index (Phi) is 6.08. The van der Waals surface area contributed by atoms with Crippen LogP contribution in [0.25, 0.3) is 0 Å². The van der Waals surface area contributed by atoms with Crippen LogP contribution in [0.5, 0.6) is 0 Å². The van der Waals surface area contributed by atoms with Crippen molar-refractivity contribution < 1.29 is 0 Å². The number of thiol groups is 1. The van der Waals surface area contributed by atoms with Crippen molar-refractivity contribution in [2.45, 2.75) is 52.9 Å². The van der Waals surface area contributed by atoms with Gasteiger partial charge in [-0.1, -0.05) is 40.0 Å². The molecule has 74 valence electrons. The maximum Gasteiger partial charge on any atom is -0.0215 e. The Bertz CT molecular complexity index is 96.1. The summed E-state index contributed by atoms with van der Waals surface area (Å²) in [5.74, 6) is 1.00. The van der Waals surface area contributed by atoms with Crippen molar-refractivity contribution in [1.82, 2.24) is 0 Å². The summed E-state index contributed by atoms with van der Waals surface area (Å²) < 4.78 is 0. The van der Waals surface area contributed by atoms with Crippen LogP contribution < -0.4 is 0 Å². The monoisotopic (exact) mass is 188 g/mol. The van der Waals surface area contributed by atoms with Crippen molar-refractivity contribution in [3.63, 3.8) is 0 Å². The standard InChI is InChI=1S/C10H20.CH4S/c1-10(2,3)9-7-5-4-6-8-9;1-2/h9H,4-8H2,1-3H3;2H,1H3. The maximum absolute atomic E-state index is 3.53. The zero-order valence-electron chi connectivity index (χ0n) is 9.06. The Morgan fingerprint density at radius 3 is 1.58 bits per heavy atom. The molecule has 0 heterocycles. The molecule has 0 aliphatic heterocycles. The van der Waals surface area contributed by atoms with E-state index in [1.165, 1.54) is 32.1 Å². The van der Waals surface area contributed by atoms with Gasteiger partial charge in [-0.3, -0.25) is 0 Å². The highest BCUT2D eigenvalue weighted by molar-refractivity contribution is 7.79. The van der Waals surface area contributed by atoms with Gasteiger partial charge in [0.25, 0.3) is 0 Å². The molecule has 0 radical (unpaired) electrons. The molecular weight excluding hydrogens is 164 g/mol. The van der Waals surface area contributed by atoms with E-state index in [1.54, 1.807) is 6.26 Å². The molecule has 0 N–H and O–H groups in total. The highest BCUT2D eigenvalue weighted by atomic mass is 32.1. The largest absolute Gasteiger partial charge is 0.183 e. The van der Waals surface area contributed by atoms with E-state index in [0.717, 1.165) is 5.92 Å². The van der Waals surface area contributed by atoms with Crippen molar-refractivity contribution >= 4 is 12.6 Å². The van der Waals surface area contributed by atoms with Gasteiger partial charge in [0.2, 0.25) is 0 Å². The molecule has 1 heteroatoms. The van der Waals surface area contributed by atoms with Crippen LogP contribution in [0, 0.1) is 11.3 Å². The average Bonchev–Trinajstić information content (AvgIpc) is 2.08. The van der Waals surface area contributed by atoms with Gasteiger partial charge < -0.3 is 0 Å². The van der Waals surface area contributed by atoms with Crippen molar-refractivity contribution in [3.05, 3.63) is 0 Å². The van der Waals surface area contributed by atoms with Gasteiger partial charge in [0.05, 0.1) is 0 Å². The predicted molar refractivity (Wildman–Crippen MR) is 60.9 cm³/mol. The lowest BCUT2D eigenvalue weighted by Gasteiger charge is -2.33. The van der Waals surface area contributed by atoms with Crippen molar-refractivity contribution in [2.75, 3.05) is 6.26 Å². The smallest absolute Gasteiger partial charge is 0.0215 e. The van der Waals surface area contributed by atoms with E-state index < -0.39 is 0 Å². The van der Waals surface area contributed by atoms with Crippen LogP contribution in [0.2, 0.25) is 0 Å². The van der Waals surface area contributed by atoms with Crippen LogP contribution in [0.4, 0.5) is 0 Å². The summed E-state index contributed by atoms with van der Waals surface area (Å²) in [6, 6.07) is 0. The summed E-state index contributed by atoms with van der Waals surface area (Å²) in [4.78, 5) is 0. The van der Waals surface area contributed by atoms with Crippen LogP contribution >= 0.6 is 12.6 Å². The average molecular weight is 188 g/mol. The first-order valence-electron chi connectivity index (χ1n) is 5.05. The third-order valence-electron chi connectivity index (χ3n) is 2.83. The van der Waals surface area contributed by atoms with E-state index in [0.29, 0.717) is 5.41 Å². The molecule has 1 saturated carbocycles. The summed E-state index contributed by atoms with van der Waals surface area (Å²) >= 11 is 3.53. The van der Waals surface area contributed by atoms with E-state index in [2.05, 4.69) is 33.4 Å². The minimum atomic E-state index is 0.570. The second kappa shape index (κ2) is 5.90. The molecule has 0 nitrogen and oxygen atoms in total. The maximum atomic E-state index is 3.53. The Labute approximate surface area is 83.5 Å². The van der Waals surface area contributed by atoms with Gasteiger partial charge >= 0.3 is 0 Å². The molecule has 0 amide bonds. The first-order valence-corrected chi connectivity index (χ1v) is 5.95. The van der Waals surface area contributed by atoms with Gasteiger partial charge in [-0.2, -0.15) is 12.6 Å². The lowest BCUT2D eigenvalue weighted by Crippen LogP contribution is -2.22. The topological polar surface area (TPSA) is 0 Å². The van der Waals surface area contributed by atoms with Gasteiger partial charge in [-0.05, 0) is 30.4 Å². The Morgan fingerprint density at radius 2 is 1.33 bits per heavy atom. The molecule has 1 aliphatic rings. The molecule has 12 heavy (non-hydrogen) atoms. The van der Waals surface area contributed by atoms with E-state index in [1.807, 2.05) is 0 Å². The van der Waals surface area contributed by atoms with Gasteiger partial charge in [0.1, 0.15) is 0 Å². The first kappa shape index (κ1) is 12.3. The summed E-state index contributed by atoms with van der Waals surface area (Å²) in [5.41, 5.74) is 0.570. The van der Waals surface area contributed by atoms with E-state index >= 15 is 0 Å². The zero-order chi connectivity index (χ0) is 9.61. The highest BCUT2D eigenvalue weighted by Gasteiger charge is 2.25. The van der Waals surface area contributed by atoms with Gasteiger partial charge in [-0.25, -0.2) is 0 Å². The summed E-state index contributed by atoms with van der Waals surface area (Å²) in [5, 5.41) is 0. The third-order valence-corrected chi connectivity index (χ3v) is 2.83. The Hall–Kier alpha value is 0.350. The SMILES string of the molecule is CC(C)(C)C1CCCCC1.CS. The van der Waals surface area contributed by atoms with Crippen molar-refractivity contribution in [2.24, 2.45) is 11.3 Å². The van der Waals surface area contributed by atoms with Gasteiger partial charge in [0, 0.05) is 0 Å².